The Kier molecular flexibility index (Phi) is 4.97. The Morgan fingerprint density at radius 2 is 1.84 bits per heavy atom. The second-order valence-corrected chi connectivity index (χ2v) is 5.70. The fourth-order valence-electron chi connectivity index (χ4n) is 2.63. The van der Waals surface area contributed by atoms with Crippen molar-refractivity contribution in [2.24, 2.45) is 5.92 Å². The third-order valence-corrected chi connectivity index (χ3v) is 3.93. The van der Waals surface area contributed by atoms with Crippen molar-refractivity contribution in [1.82, 2.24) is 9.80 Å². The van der Waals surface area contributed by atoms with E-state index in [1.807, 2.05) is 14.1 Å². The zero-order chi connectivity index (χ0) is 13.7. The standard InChI is InChI=1S/C16H24N2O/c1-17(2)16(19)13-18-10-8-15(9-11-18)12-14-6-4-3-5-7-14/h3-7,15H,8-13H2,1-2H3. The van der Waals surface area contributed by atoms with Crippen LogP contribution in [0.4, 0.5) is 0 Å². The Bertz CT molecular complexity index is 394. The number of likely N-dealkylation sites (tertiary alicyclic amines) is 1. The number of carbonyl (C=O) groups is 1. The Morgan fingerprint density at radius 1 is 1.21 bits per heavy atom. The number of piperidine rings is 1. The third kappa shape index (κ3) is 4.35. The second kappa shape index (κ2) is 6.71. The van der Waals surface area contributed by atoms with Gasteiger partial charge in [-0.25, -0.2) is 0 Å². The van der Waals surface area contributed by atoms with Gasteiger partial charge in [0.1, 0.15) is 0 Å². The summed E-state index contributed by atoms with van der Waals surface area (Å²) in [4.78, 5) is 15.6. The lowest BCUT2D eigenvalue weighted by Crippen LogP contribution is -2.41. The Labute approximate surface area is 116 Å². The summed E-state index contributed by atoms with van der Waals surface area (Å²) in [6.07, 6.45) is 3.58. The maximum atomic E-state index is 11.7. The molecule has 0 radical (unpaired) electrons. The predicted octanol–water partition coefficient (Wildman–Crippen LogP) is 2.03. The van der Waals surface area contributed by atoms with Crippen molar-refractivity contribution in [3.05, 3.63) is 35.9 Å². The molecule has 0 N–H and O–H groups in total. The summed E-state index contributed by atoms with van der Waals surface area (Å²) in [6.45, 7) is 2.68. The summed E-state index contributed by atoms with van der Waals surface area (Å²) < 4.78 is 0. The molecule has 3 nitrogen and oxygen atoms in total. The Balaban J connectivity index is 1.75. The molecule has 1 aromatic rings. The minimum atomic E-state index is 0.210. The highest BCUT2D eigenvalue weighted by atomic mass is 16.2. The van der Waals surface area contributed by atoms with Gasteiger partial charge in [0.2, 0.25) is 5.91 Å². The molecule has 3 heteroatoms. The van der Waals surface area contributed by atoms with Crippen LogP contribution in [0.25, 0.3) is 0 Å². The van der Waals surface area contributed by atoms with E-state index in [0.29, 0.717) is 6.54 Å². The second-order valence-electron chi connectivity index (χ2n) is 5.70. The first-order valence-corrected chi connectivity index (χ1v) is 7.11. The van der Waals surface area contributed by atoms with Gasteiger partial charge in [-0.1, -0.05) is 30.3 Å². The van der Waals surface area contributed by atoms with Gasteiger partial charge in [0.25, 0.3) is 0 Å². The molecule has 1 aliphatic rings. The molecule has 2 rings (SSSR count). The van der Waals surface area contributed by atoms with Gasteiger partial charge in [-0.05, 0) is 43.8 Å². The maximum Gasteiger partial charge on any atom is 0.236 e. The van der Waals surface area contributed by atoms with Gasteiger partial charge >= 0.3 is 0 Å². The maximum absolute atomic E-state index is 11.7. The molecule has 0 aromatic heterocycles. The van der Waals surface area contributed by atoms with Crippen molar-refractivity contribution < 1.29 is 4.79 Å². The van der Waals surface area contributed by atoms with E-state index in [0.717, 1.165) is 19.0 Å². The quantitative estimate of drug-likeness (QED) is 0.827. The Hall–Kier alpha value is -1.35. The van der Waals surface area contributed by atoms with Crippen LogP contribution in [0.2, 0.25) is 0 Å². The highest BCUT2D eigenvalue weighted by Crippen LogP contribution is 2.21. The first kappa shape index (κ1) is 14.1. The van der Waals surface area contributed by atoms with E-state index in [2.05, 4.69) is 35.2 Å². The molecule has 0 saturated carbocycles. The van der Waals surface area contributed by atoms with Crippen LogP contribution >= 0.6 is 0 Å². The SMILES string of the molecule is CN(C)C(=O)CN1CCC(Cc2ccccc2)CC1. The molecule has 104 valence electrons. The number of rotatable bonds is 4. The van der Waals surface area contributed by atoms with Crippen LogP contribution in [0.3, 0.4) is 0 Å². The van der Waals surface area contributed by atoms with Gasteiger partial charge in [0, 0.05) is 14.1 Å². The molecule has 1 saturated heterocycles. The van der Waals surface area contributed by atoms with Crippen LogP contribution < -0.4 is 0 Å². The van der Waals surface area contributed by atoms with Crippen LogP contribution in [0, 0.1) is 5.92 Å². The van der Waals surface area contributed by atoms with Crippen LogP contribution in [0.1, 0.15) is 18.4 Å². The molecule has 1 aromatic carbocycles. The lowest BCUT2D eigenvalue weighted by molar-refractivity contribution is -0.130. The van der Waals surface area contributed by atoms with Gasteiger partial charge in [0.05, 0.1) is 6.54 Å². The molecule has 1 aliphatic heterocycles. The van der Waals surface area contributed by atoms with E-state index in [-0.39, 0.29) is 5.91 Å². The summed E-state index contributed by atoms with van der Waals surface area (Å²) in [5, 5.41) is 0. The van der Waals surface area contributed by atoms with Gasteiger partial charge in [-0.3, -0.25) is 9.69 Å². The highest BCUT2D eigenvalue weighted by molar-refractivity contribution is 5.77. The zero-order valence-corrected chi connectivity index (χ0v) is 12.0. The molecule has 1 amide bonds. The predicted molar refractivity (Wildman–Crippen MR) is 78.0 cm³/mol. The first-order valence-electron chi connectivity index (χ1n) is 7.11. The van der Waals surface area contributed by atoms with Crippen molar-refractivity contribution in [3.63, 3.8) is 0 Å². The minimum Gasteiger partial charge on any atom is -0.348 e. The number of hydrogen-bond acceptors (Lipinski definition) is 2. The fourth-order valence-corrected chi connectivity index (χ4v) is 2.63. The first-order chi connectivity index (χ1) is 9.15. The topological polar surface area (TPSA) is 23.6 Å². The largest absolute Gasteiger partial charge is 0.348 e. The van der Waals surface area contributed by atoms with Gasteiger partial charge in [0.15, 0.2) is 0 Å². The molecule has 0 unspecified atom stereocenters. The average Bonchev–Trinajstić information content (AvgIpc) is 2.42. The molecule has 0 atom stereocenters. The van der Waals surface area contributed by atoms with E-state index in [9.17, 15) is 4.79 Å². The normalized spacial score (nSPS) is 17.4. The van der Waals surface area contributed by atoms with Crippen LogP contribution in [-0.4, -0.2) is 49.4 Å². The van der Waals surface area contributed by atoms with Crippen molar-refractivity contribution in [1.29, 1.82) is 0 Å². The van der Waals surface area contributed by atoms with E-state index < -0.39 is 0 Å². The van der Waals surface area contributed by atoms with Crippen molar-refractivity contribution in [2.45, 2.75) is 19.3 Å². The zero-order valence-electron chi connectivity index (χ0n) is 12.0. The third-order valence-electron chi connectivity index (χ3n) is 3.93. The number of benzene rings is 1. The highest BCUT2D eigenvalue weighted by Gasteiger charge is 2.21. The van der Waals surface area contributed by atoms with E-state index in [1.54, 1.807) is 4.90 Å². The van der Waals surface area contributed by atoms with Crippen LogP contribution in [-0.2, 0) is 11.2 Å². The number of nitrogens with zero attached hydrogens (tertiary/aromatic N) is 2. The van der Waals surface area contributed by atoms with E-state index in [1.165, 1.54) is 24.8 Å². The van der Waals surface area contributed by atoms with Gasteiger partial charge in [-0.15, -0.1) is 0 Å². The van der Waals surface area contributed by atoms with E-state index in [4.69, 9.17) is 0 Å². The molecule has 1 heterocycles. The fraction of sp³-hybridized carbons (Fsp3) is 0.562. The monoisotopic (exact) mass is 260 g/mol. The van der Waals surface area contributed by atoms with Crippen LogP contribution in [0.5, 0.6) is 0 Å². The smallest absolute Gasteiger partial charge is 0.236 e. The minimum absolute atomic E-state index is 0.210. The van der Waals surface area contributed by atoms with Crippen molar-refractivity contribution in [2.75, 3.05) is 33.7 Å². The summed E-state index contributed by atoms with van der Waals surface area (Å²) in [5.74, 6) is 0.981. The summed E-state index contributed by atoms with van der Waals surface area (Å²) in [5.41, 5.74) is 1.44. The number of likely N-dealkylation sites (N-methyl/N-ethyl adjacent to an activating group) is 1. The molecule has 0 spiro atoms. The van der Waals surface area contributed by atoms with Gasteiger partial charge in [-0.2, -0.15) is 0 Å². The summed E-state index contributed by atoms with van der Waals surface area (Å²) >= 11 is 0. The lowest BCUT2D eigenvalue weighted by atomic mass is 9.90. The van der Waals surface area contributed by atoms with Crippen molar-refractivity contribution >= 4 is 5.91 Å². The lowest BCUT2D eigenvalue weighted by Gasteiger charge is -2.32. The summed E-state index contributed by atoms with van der Waals surface area (Å²) in [7, 11) is 3.65. The molecular weight excluding hydrogens is 236 g/mol. The number of carbonyl (C=O) groups excluding carboxylic acids is 1. The summed E-state index contributed by atoms with van der Waals surface area (Å²) in [6, 6.07) is 10.7. The average molecular weight is 260 g/mol. The Morgan fingerprint density at radius 3 is 2.42 bits per heavy atom. The van der Waals surface area contributed by atoms with Crippen molar-refractivity contribution in [3.8, 4) is 0 Å². The number of hydrogen-bond donors (Lipinski definition) is 0. The molecule has 19 heavy (non-hydrogen) atoms. The van der Waals surface area contributed by atoms with Crippen LogP contribution in [0.15, 0.2) is 30.3 Å². The molecular formula is C16H24N2O. The van der Waals surface area contributed by atoms with Gasteiger partial charge < -0.3 is 4.90 Å². The van der Waals surface area contributed by atoms with E-state index >= 15 is 0 Å². The molecule has 0 aliphatic carbocycles. The number of amides is 1. The molecule has 0 bridgehead atoms. The molecule has 1 fully saturated rings.